The topological polar surface area (TPSA) is 61.4 Å². The SMILES string of the molecule is CC(C)Cc1ccc([C@H](N[C@@H](C)C(=O)N2CCNC2=O)C(C)C)cc1. The van der Waals surface area contributed by atoms with Crippen molar-refractivity contribution >= 4 is 11.9 Å². The molecular formula is C20H31N3O2. The summed E-state index contributed by atoms with van der Waals surface area (Å²) in [5.41, 5.74) is 2.51. The van der Waals surface area contributed by atoms with Crippen molar-refractivity contribution in [3.05, 3.63) is 35.4 Å². The van der Waals surface area contributed by atoms with Gasteiger partial charge < -0.3 is 5.32 Å². The van der Waals surface area contributed by atoms with Crippen LogP contribution in [-0.2, 0) is 11.2 Å². The predicted molar refractivity (Wildman–Crippen MR) is 100 cm³/mol. The molecule has 1 aromatic carbocycles. The van der Waals surface area contributed by atoms with Crippen LogP contribution in [0.5, 0.6) is 0 Å². The molecule has 25 heavy (non-hydrogen) atoms. The number of carbonyl (C=O) groups excluding carboxylic acids is 2. The van der Waals surface area contributed by atoms with Gasteiger partial charge in [-0.15, -0.1) is 0 Å². The lowest BCUT2D eigenvalue weighted by molar-refractivity contribution is -0.129. The molecule has 5 nitrogen and oxygen atoms in total. The number of hydrogen-bond acceptors (Lipinski definition) is 3. The van der Waals surface area contributed by atoms with Crippen molar-refractivity contribution in [3.8, 4) is 0 Å². The van der Waals surface area contributed by atoms with Crippen molar-refractivity contribution in [2.24, 2.45) is 11.8 Å². The zero-order chi connectivity index (χ0) is 18.6. The van der Waals surface area contributed by atoms with E-state index in [4.69, 9.17) is 0 Å². The Bertz CT molecular complexity index is 595. The summed E-state index contributed by atoms with van der Waals surface area (Å²) in [5, 5.41) is 6.09. The molecule has 0 aromatic heterocycles. The predicted octanol–water partition coefficient (Wildman–Crippen LogP) is 3.11. The van der Waals surface area contributed by atoms with Gasteiger partial charge in [0.15, 0.2) is 0 Å². The maximum absolute atomic E-state index is 12.5. The van der Waals surface area contributed by atoms with Crippen molar-refractivity contribution in [2.45, 2.75) is 53.1 Å². The first-order chi connectivity index (χ1) is 11.8. The second-order valence-corrected chi connectivity index (χ2v) is 7.67. The number of nitrogens with one attached hydrogen (secondary N) is 2. The minimum absolute atomic E-state index is 0.0673. The molecule has 1 aliphatic heterocycles. The highest BCUT2D eigenvalue weighted by Gasteiger charge is 2.31. The van der Waals surface area contributed by atoms with Gasteiger partial charge in [0.05, 0.1) is 6.04 Å². The highest BCUT2D eigenvalue weighted by Crippen LogP contribution is 2.23. The van der Waals surface area contributed by atoms with Crippen molar-refractivity contribution in [3.63, 3.8) is 0 Å². The zero-order valence-electron chi connectivity index (χ0n) is 16.0. The van der Waals surface area contributed by atoms with Gasteiger partial charge in [-0.25, -0.2) is 4.79 Å². The molecule has 0 aliphatic carbocycles. The highest BCUT2D eigenvalue weighted by molar-refractivity contribution is 5.98. The van der Waals surface area contributed by atoms with Gasteiger partial charge in [-0.2, -0.15) is 0 Å². The van der Waals surface area contributed by atoms with Crippen molar-refractivity contribution in [1.29, 1.82) is 0 Å². The van der Waals surface area contributed by atoms with E-state index in [1.807, 2.05) is 6.92 Å². The van der Waals surface area contributed by atoms with E-state index in [1.54, 1.807) is 0 Å². The molecule has 1 aromatic rings. The van der Waals surface area contributed by atoms with E-state index in [9.17, 15) is 9.59 Å². The summed E-state index contributed by atoms with van der Waals surface area (Å²) in [5.74, 6) is 0.796. The largest absolute Gasteiger partial charge is 0.336 e. The van der Waals surface area contributed by atoms with Gasteiger partial charge in [0.1, 0.15) is 0 Å². The quantitative estimate of drug-likeness (QED) is 0.798. The molecule has 1 heterocycles. The van der Waals surface area contributed by atoms with Crippen LogP contribution in [-0.4, -0.2) is 36.0 Å². The smallest absolute Gasteiger partial charge is 0.324 e. The molecule has 5 heteroatoms. The lowest BCUT2D eigenvalue weighted by Crippen LogP contribution is -2.47. The second-order valence-electron chi connectivity index (χ2n) is 7.67. The summed E-state index contributed by atoms with van der Waals surface area (Å²) >= 11 is 0. The molecule has 3 amide bonds. The lowest BCUT2D eigenvalue weighted by Gasteiger charge is -2.28. The maximum Gasteiger partial charge on any atom is 0.324 e. The molecule has 2 rings (SSSR count). The van der Waals surface area contributed by atoms with Crippen LogP contribution >= 0.6 is 0 Å². The number of amides is 3. The van der Waals surface area contributed by atoms with E-state index in [-0.39, 0.29) is 18.0 Å². The second kappa shape index (κ2) is 8.48. The summed E-state index contributed by atoms with van der Waals surface area (Å²) in [6, 6.07) is 8.01. The Hall–Kier alpha value is -1.88. The van der Waals surface area contributed by atoms with Crippen LogP contribution in [0.1, 0.15) is 51.8 Å². The number of imide groups is 1. The average molecular weight is 345 g/mol. The molecule has 0 radical (unpaired) electrons. The standard InChI is InChI=1S/C20H31N3O2/c1-13(2)12-16-6-8-17(9-7-16)18(14(3)4)22-15(5)19(24)23-11-10-21-20(23)25/h6-9,13-15,18,22H,10-12H2,1-5H3,(H,21,25)/t15-,18+/m0/s1. The average Bonchev–Trinajstić information content (AvgIpc) is 2.97. The van der Waals surface area contributed by atoms with E-state index in [2.05, 4.69) is 62.6 Å². The summed E-state index contributed by atoms with van der Waals surface area (Å²) in [6.07, 6.45) is 1.07. The lowest BCUT2D eigenvalue weighted by atomic mass is 9.93. The number of benzene rings is 1. The number of nitrogens with zero attached hydrogens (tertiary/aromatic N) is 1. The van der Waals surface area contributed by atoms with Gasteiger partial charge in [-0.3, -0.25) is 15.0 Å². The molecule has 2 atom stereocenters. The molecule has 1 fully saturated rings. The van der Waals surface area contributed by atoms with Crippen LogP contribution in [0.4, 0.5) is 4.79 Å². The van der Waals surface area contributed by atoms with Gasteiger partial charge in [-0.1, -0.05) is 52.0 Å². The maximum atomic E-state index is 12.5. The minimum atomic E-state index is -0.411. The van der Waals surface area contributed by atoms with E-state index < -0.39 is 6.04 Å². The molecule has 0 unspecified atom stereocenters. The Morgan fingerprint density at radius 2 is 1.80 bits per heavy atom. The summed E-state index contributed by atoms with van der Waals surface area (Å²) in [4.78, 5) is 25.5. The Morgan fingerprint density at radius 1 is 1.16 bits per heavy atom. The van der Waals surface area contributed by atoms with Crippen molar-refractivity contribution < 1.29 is 9.59 Å². The summed E-state index contributed by atoms with van der Waals surface area (Å²) < 4.78 is 0. The normalized spacial score (nSPS) is 17.1. The first-order valence-corrected chi connectivity index (χ1v) is 9.23. The number of carbonyl (C=O) groups is 2. The Kier molecular flexibility index (Phi) is 6.59. The number of hydrogen-bond donors (Lipinski definition) is 2. The first-order valence-electron chi connectivity index (χ1n) is 9.23. The Labute approximate surface area is 151 Å². The molecule has 0 bridgehead atoms. The Balaban J connectivity index is 2.07. The van der Waals surface area contributed by atoms with E-state index in [0.717, 1.165) is 6.42 Å². The fraction of sp³-hybridized carbons (Fsp3) is 0.600. The number of urea groups is 1. The van der Waals surface area contributed by atoms with E-state index in [1.165, 1.54) is 16.0 Å². The Morgan fingerprint density at radius 3 is 2.28 bits per heavy atom. The molecule has 0 spiro atoms. The third-order valence-electron chi connectivity index (χ3n) is 4.57. The van der Waals surface area contributed by atoms with Crippen LogP contribution in [0.15, 0.2) is 24.3 Å². The van der Waals surface area contributed by atoms with Crippen LogP contribution < -0.4 is 10.6 Å². The minimum Gasteiger partial charge on any atom is -0.336 e. The van der Waals surface area contributed by atoms with Gasteiger partial charge in [0, 0.05) is 19.1 Å². The first kappa shape index (κ1) is 19.4. The molecule has 1 saturated heterocycles. The molecule has 0 saturated carbocycles. The summed E-state index contributed by atoms with van der Waals surface area (Å²) in [6.45, 7) is 11.5. The van der Waals surface area contributed by atoms with Crippen LogP contribution in [0.25, 0.3) is 0 Å². The van der Waals surface area contributed by atoms with E-state index >= 15 is 0 Å². The highest BCUT2D eigenvalue weighted by atomic mass is 16.2. The van der Waals surface area contributed by atoms with Gasteiger partial charge in [0.25, 0.3) is 0 Å². The third-order valence-corrected chi connectivity index (χ3v) is 4.57. The van der Waals surface area contributed by atoms with Crippen LogP contribution in [0, 0.1) is 11.8 Å². The van der Waals surface area contributed by atoms with E-state index in [0.29, 0.717) is 24.9 Å². The van der Waals surface area contributed by atoms with Gasteiger partial charge in [-0.05, 0) is 36.3 Å². The van der Waals surface area contributed by atoms with Crippen molar-refractivity contribution in [1.82, 2.24) is 15.5 Å². The fourth-order valence-electron chi connectivity index (χ4n) is 3.26. The monoisotopic (exact) mass is 345 g/mol. The molecular weight excluding hydrogens is 314 g/mol. The summed E-state index contributed by atoms with van der Waals surface area (Å²) in [7, 11) is 0. The molecule has 2 N–H and O–H groups in total. The zero-order valence-corrected chi connectivity index (χ0v) is 16.0. The van der Waals surface area contributed by atoms with Gasteiger partial charge in [0.2, 0.25) is 5.91 Å². The van der Waals surface area contributed by atoms with Crippen molar-refractivity contribution in [2.75, 3.05) is 13.1 Å². The van der Waals surface area contributed by atoms with Crippen LogP contribution in [0.2, 0.25) is 0 Å². The molecule has 138 valence electrons. The third kappa shape index (κ3) is 5.05. The molecule has 1 aliphatic rings. The van der Waals surface area contributed by atoms with Gasteiger partial charge >= 0.3 is 6.03 Å². The van der Waals surface area contributed by atoms with Crippen LogP contribution in [0.3, 0.4) is 0 Å². The fourth-order valence-corrected chi connectivity index (χ4v) is 3.26. The number of rotatable bonds is 7.